The molecule has 1 aromatic carbocycles. The van der Waals surface area contributed by atoms with Crippen LogP contribution in [0.15, 0.2) is 30.3 Å². The van der Waals surface area contributed by atoms with Crippen LogP contribution in [-0.4, -0.2) is 40.3 Å². The number of hydrogen-bond acceptors (Lipinski definition) is 7. The number of aryl methyl sites for hydroxylation is 1. The predicted octanol–water partition coefficient (Wildman–Crippen LogP) is 2.00. The second-order valence-corrected chi connectivity index (χ2v) is 5.31. The summed E-state index contributed by atoms with van der Waals surface area (Å²) >= 11 is 0. The van der Waals surface area contributed by atoms with Crippen molar-refractivity contribution in [3.63, 3.8) is 0 Å². The summed E-state index contributed by atoms with van der Waals surface area (Å²) in [4.78, 5) is 13.0. The predicted molar refractivity (Wildman–Crippen MR) is 94.0 cm³/mol. The molecular weight excluding hydrogens is 306 g/mol. The third-order valence-corrected chi connectivity index (χ3v) is 3.62. The number of fused-ring (bicyclic) bond motifs is 1. The number of anilines is 2. The molecule has 7 heteroatoms. The summed E-state index contributed by atoms with van der Waals surface area (Å²) in [6.07, 6.45) is 0. The number of methoxy groups -OCH3 is 1. The summed E-state index contributed by atoms with van der Waals surface area (Å²) in [6.45, 7) is 2.33. The van der Waals surface area contributed by atoms with Crippen molar-refractivity contribution < 1.29 is 9.84 Å². The fraction of sp³-hybridized carbons (Fsp3) is 0.235. The van der Waals surface area contributed by atoms with Gasteiger partial charge in [0.15, 0.2) is 0 Å². The van der Waals surface area contributed by atoms with Crippen LogP contribution >= 0.6 is 0 Å². The number of nitrogens with zero attached hydrogens (tertiary/aromatic N) is 3. The van der Waals surface area contributed by atoms with E-state index in [4.69, 9.17) is 15.6 Å². The normalized spacial score (nSPS) is 10.8. The van der Waals surface area contributed by atoms with E-state index < -0.39 is 0 Å². The van der Waals surface area contributed by atoms with E-state index in [2.05, 4.69) is 20.3 Å². The monoisotopic (exact) mass is 325 g/mol. The van der Waals surface area contributed by atoms with Gasteiger partial charge in [-0.05, 0) is 25.1 Å². The largest absolute Gasteiger partial charge is 0.494 e. The number of benzene rings is 1. The number of nitrogen functional groups attached to an aromatic ring is 1. The Morgan fingerprint density at radius 3 is 2.75 bits per heavy atom. The lowest BCUT2D eigenvalue weighted by Crippen LogP contribution is -2.09. The van der Waals surface area contributed by atoms with Crippen LogP contribution in [0.1, 0.15) is 5.69 Å². The molecule has 124 valence electrons. The van der Waals surface area contributed by atoms with Crippen LogP contribution in [0.4, 0.5) is 11.8 Å². The van der Waals surface area contributed by atoms with Crippen molar-refractivity contribution >= 4 is 22.7 Å². The van der Waals surface area contributed by atoms with Crippen LogP contribution in [-0.2, 0) is 0 Å². The topological polar surface area (TPSA) is 106 Å². The van der Waals surface area contributed by atoms with Gasteiger partial charge >= 0.3 is 0 Å². The van der Waals surface area contributed by atoms with Gasteiger partial charge < -0.3 is 20.9 Å². The van der Waals surface area contributed by atoms with Crippen molar-refractivity contribution in [2.75, 3.05) is 31.3 Å². The van der Waals surface area contributed by atoms with Crippen molar-refractivity contribution in [3.05, 3.63) is 36.0 Å². The van der Waals surface area contributed by atoms with Crippen molar-refractivity contribution in [2.24, 2.45) is 0 Å². The molecule has 0 bridgehead atoms. The Hall–Kier alpha value is -2.93. The Bertz CT molecular complexity index is 882. The third kappa shape index (κ3) is 3.07. The third-order valence-electron chi connectivity index (χ3n) is 3.62. The molecule has 0 radical (unpaired) electrons. The molecule has 0 spiro atoms. The molecule has 0 unspecified atom stereocenters. The van der Waals surface area contributed by atoms with E-state index in [1.165, 1.54) is 0 Å². The van der Waals surface area contributed by atoms with Crippen LogP contribution in [0.5, 0.6) is 5.75 Å². The number of ether oxygens (including phenoxy) is 1. The van der Waals surface area contributed by atoms with Crippen LogP contribution in [0, 0.1) is 6.92 Å². The van der Waals surface area contributed by atoms with Crippen molar-refractivity contribution in [3.8, 4) is 17.0 Å². The maximum atomic E-state index is 8.95. The smallest absolute Gasteiger partial charge is 0.222 e. The van der Waals surface area contributed by atoms with Gasteiger partial charge in [-0.1, -0.05) is 6.07 Å². The Labute approximate surface area is 139 Å². The van der Waals surface area contributed by atoms with Gasteiger partial charge in [-0.2, -0.15) is 4.98 Å². The first-order valence-electron chi connectivity index (χ1n) is 7.56. The van der Waals surface area contributed by atoms with Crippen LogP contribution in [0.25, 0.3) is 22.2 Å². The number of aliphatic hydroxyl groups excluding tert-OH is 1. The van der Waals surface area contributed by atoms with Crippen molar-refractivity contribution in [2.45, 2.75) is 6.92 Å². The summed E-state index contributed by atoms with van der Waals surface area (Å²) in [7, 11) is 1.62. The fourth-order valence-electron chi connectivity index (χ4n) is 2.56. The molecule has 0 saturated heterocycles. The van der Waals surface area contributed by atoms with E-state index in [9.17, 15) is 0 Å². The number of pyridine rings is 1. The molecule has 0 saturated carbocycles. The van der Waals surface area contributed by atoms with Gasteiger partial charge in [0.05, 0.1) is 19.4 Å². The standard InChI is InChI=1S/C17H19N5O2/c1-10-3-4-12-11(5-6-14(24-2)16(12)20-10)13-9-15(19-7-8-23)22-17(18)21-13/h3-6,9,23H,7-8H2,1-2H3,(H3,18,19,21,22). The van der Waals surface area contributed by atoms with Crippen molar-refractivity contribution in [1.82, 2.24) is 15.0 Å². The molecule has 0 atom stereocenters. The molecule has 0 aliphatic carbocycles. The lowest BCUT2D eigenvalue weighted by atomic mass is 10.0. The maximum Gasteiger partial charge on any atom is 0.222 e. The first-order chi connectivity index (χ1) is 11.6. The number of rotatable bonds is 5. The lowest BCUT2D eigenvalue weighted by Gasteiger charge is -2.12. The minimum atomic E-state index is 0.00784. The highest BCUT2D eigenvalue weighted by atomic mass is 16.5. The van der Waals surface area contributed by atoms with Gasteiger partial charge in [0.1, 0.15) is 17.1 Å². The van der Waals surface area contributed by atoms with E-state index in [1.807, 2.05) is 31.2 Å². The van der Waals surface area contributed by atoms with E-state index in [1.54, 1.807) is 13.2 Å². The van der Waals surface area contributed by atoms with E-state index in [0.29, 0.717) is 23.8 Å². The molecule has 3 rings (SSSR count). The lowest BCUT2D eigenvalue weighted by molar-refractivity contribution is 0.311. The molecule has 0 fully saturated rings. The Morgan fingerprint density at radius 1 is 1.17 bits per heavy atom. The highest BCUT2D eigenvalue weighted by Crippen LogP contribution is 2.33. The maximum absolute atomic E-state index is 8.95. The Balaban J connectivity index is 2.18. The molecular formula is C17H19N5O2. The minimum Gasteiger partial charge on any atom is -0.494 e. The highest BCUT2D eigenvalue weighted by molar-refractivity contribution is 5.97. The number of nitrogens with two attached hydrogens (primary N) is 1. The summed E-state index contributed by atoms with van der Waals surface area (Å²) in [6, 6.07) is 9.53. The van der Waals surface area contributed by atoms with E-state index in [-0.39, 0.29) is 12.6 Å². The zero-order valence-corrected chi connectivity index (χ0v) is 13.6. The molecule has 0 aliphatic rings. The second-order valence-electron chi connectivity index (χ2n) is 5.31. The van der Waals surface area contributed by atoms with Crippen molar-refractivity contribution in [1.29, 1.82) is 0 Å². The van der Waals surface area contributed by atoms with Crippen LogP contribution in [0.3, 0.4) is 0 Å². The second kappa shape index (κ2) is 6.67. The summed E-state index contributed by atoms with van der Waals surface area (Å²) in [5, 5.41) is 12.9. The molecule has 24 heavy (non-hydrogen) atoms. The highest BCUT2D eigenvalue weighted by Gasteiger charge is 2.12. The van der Waals surface area contributed by atoms with Gasteiger partial charge in [0.2, 0.25) is 5.95 Å². The number of aromatic nitrogens is 3. The summed E-state index contributed by atoms with van der Waals surface area (Å²) < 4.78 is 5.41. The molecule has 3 aromatic rings. The molecule has 2 heterocycles. The molecule has 4 N–H and O–H groups in total. The summed E-state index contributed by atoms with van der Waals surface area (Å²) in [5.41, 5.74) is 9.08. The molecule has 7 nitrogen and oxygen atoms in total. The fourth-order valence-corrected chi connectivity index (χ4v) is 2.56. The molecule has 0 aliphatic heterocycles. The first-order valence-corrected chi connectivity index (χ1v) is 7.56. The molecule has 2 aromatic heterocycles. The SMILES string of the molecule is COc1ccc(-c2cc(NCCO)nc(N)n2)c2ccc(C)nc12. The Morgan fingerprint density at radius 2 is 2.00 bits per heavy atom. The zero-order valence-electron chi connectivity index (χ0n) is 13.6. The Kier molecular flexibility index (Phi) is 4.43. The minimum absolute atomic E-state index is 0.00784. The first kappa shape index (κ1) is 15.9. The molecule has 0 amide bonds. The van der Waals surface area contributed by atoms with Gasteiger partial charge in [-0.3, -0.25) is 0 Å². The number of hydrogen-bond donors (Lipinski definition) is 3. The van der Waals surface area contributed by atoms with E-state index >= 15 is 0 Å². The zero-order chi connectivity index (χ0) is 17.1. The number of nitrogens with one attached hydrogen (secondary N) is 1. The van der Waals surface area contributed by atoms with Gasteiger partial charge in [-0.15, -0.1) is 0 Å². The van der Waals surface area contributed by atoms with Gasteiger partial charge in [-0.25, -0.2) is 9.97 Å². The summed E-state index contributed by atoms with van der Waals surface area (Å²) in [5.74, 6) is 1.44. The van der Waals surface area contributed by atoms with Gasteiger partial charge in [0.25, 0.3) is 0 Å². The van der Waals surface area contributed by atoms with Gasteiger partial charge in [0, 0.05) is 29.3 Å². The van der Waals surface area contributed by atoms with Crippen LogP contribution < -0.4 is 15.8 Å². The average molecular weight is 325 g/mol. The van der Waals surface area contributed by atoms with Crippen LogP contribution in [0.2, 0.25) is 0 Å². The number of aliphatic hydroxyl groups is 1. The quantitative estimate of drug-likeness (QED) is 0.658. The average Bonchev–Trinajstić information content (AvgIpc) is 2.58. The van der Waals surface area contributed by atoms with E-state index in [0.717, 1.165) is 22.2 Å².